The lowest BCUT2D eigenvalue weighted by Crippen LogP contribution is -2.52. The third kappa shape index (κ3) is 4.66. The van der Waals surface area contributed by atoms with Crippen molar-refractivity contribution >= 4 is 28.7 Å². The molecule has 0 saturated heterocycles. The Morgan fingerprint density at radius 1 is 0.925 bits per heavy atom. The normalized spacial score (nSPS) is 16.2. The number of aromatic nitrogens is 1. The summed E-state index contributed by atoms with van der Waals surface area (Å²) < 4.78 is 7.12. The molecule has 2 heterocycles. The van der Waals surface area contributed by atoms with Crippen LogP contribution in [0.15, 0.2) is 78.9 Å². The minimum Gasteiger partial charge on any atom is -0.467 e. The highest BCUT2D eigenvalue weighted by molar-refractivity contribution is 6.04. The van der Waals surface area contributed by atoms with E-state index in [4.69, 9.17) is 4.74 Å². The summed E-state index contributed by atoms with van der Waals surface area (Å²) in [4.78, 5) is 41.9. The van der Waals surface area contributed by atoms with Crippen LogP contribution in [-0.4, -0.2) is 46.4 Å². The highest BCUT2D eigenvalue weighted by Crippen LogP contribution is 2.47. The fraction of sp³-hybridized carbons (Fsp3) is 0.303. The number of nitrogens with zero attached hydrogens (tertiary/aromatic N) is 2. The van der Waals surface area contributed by atoms with E-state index in [1.807, 2.05) is 75.5 Å². The Hall–Kier alpha value is -4.39. The second kappa shape index (κ2) is 11.0. The first-order valence-electron chi connectivity index (χ1n) is 13.7. The Morgan fingerprint density at radius 3 is 2.27 bits per heavy atom. The summed E-state index contributed by atoms with van der Waals surface area (Å²) in [5.41, 5.74) is 5.44. The fourth-order valence-electron chi connectivity index (χ4n) is 5.92. The molecule has 7 nitrogen and oxygen atoms in total. The lowest BCUT2D eigenvalue weighted by molar-refractivity contribution is -0.146. The number of fused-ring (bicyclic) bond motifs is 2. The van der Waals surface area contributed by atoms with Gasteiger partial charge >= 0.3 is 5.97 Å². The molecule has 7 heteroatoms. The van der Waals surface area contributed by atoms with Gasteiger partial charge in [-0.3, -0.25) is 9.59 Å². The van der Waals surface area contributed by atoms with Crippen LogP contribution in [0.4, 0.5) is 0 Å². The van der Waals surface area contributed by atoms with Crippen LogP contribution in [0.5, 0.6) is 0 Å². The molecule has 0 spiro atoms. The molecule has 3 unspecified atom stereocenters. The van der Waals surface area contributed by atoms with E-state index in [0.29, 0.717) is 12.0 Å². The minimum absolute atomic E-state index is 0.161. The summed E-state index contributed by atoms with van der Waals surface area (Å²) in [5.74, 6) is -0.950. The molecule has 1 aromatic heterocycles. The van der Waals surface area contributed by atoms with E-state index in [1.165, 1.54) is 7.11 Å². The van der Waals surface area contributed by atoms with Gasteiger partial charge in [0, 0.05) is 29.1 Å². The zero-order valence-electron chi connectivity index (χ0n) is 23.5. The van der Waals surface area contributed by atoms with Crippen molar-refractivity contribution in [2.75, 3.05) is 7.11 Å². The first-order valence-corrected chi connectivity index (χ1v) is 13.7. The first kappa shape index (κ1) is 27.2. The summed E-state index contributed by atoms with van der Waals surface area (Å²) in [5, 5.41) is 3.89. The van der Waals surface area contributed by atoms with Gasteiger partial charge in [0.05, 0.1) is 18.8 Å². The minimum atomic E-state index is -0.855. The molecule has 5 rings (SSSR count). The number of carbonyl (C=O) groups is 3. The molecule has 1 aliphatic heterocycles. The zero-order valence-corrected chi connectivity index (χ0v) is 23.5. The molecule has 3 atom stereocenters. The van der Waals surface area contributed by atoms with Crippen molar-refractivity contribution in [2.45, 2.75) is 45.3 Å². The lowest BCUT2D eigenvalue weighted by Gasteiger charge is -2.32. The number of aryl methyl sites for hydroxylation is 1. The molecule has 2 amide bonds. The van der Waals surface area contributed by atoms with E-state index in [9.17, 15) is 14.4 Å². The number of carbonyl (C=O) groups excluding carboxylic acids is 3. The standard InChI is InChI=1S/C33H35N3O4/c1-20(2)19-26(33(39)40-5)34-31(37)21(3)36-30(23-15-9-10-16-24(23)32(36)38)28-25-17-11-12-18-27(25)35(4)29(28)22-13-7-6-8-14-22/h6-18,20-21,26,30H,19H2,1-5H3,(H,34,37). The first-order chi connectivity index (χ1) is 19.2. The van der Waals surface area contributed by atoms with Gasteiger partial charge in [0.25, 0.3) is 5.91 Å². The highest BCUT2D eigenvalue weighted by atomic mass is 16.5. The number of methoxy groups -OCH3 is 1. The highest BCUT2D eigenvalue weighted by Gasteiger charge is 2.45. The predicted octanol–water partition coefficient (Wildman–Crippen LogP) is 5.48. The zero-order chi connectivity index (χ0) is 28.6. The molecule has 40 heavy (non-hydrogen) atoms. The number of hydrogen-bond acceptors (Lipinski definition) is 4. The van der Waals surface area contributed by atoms with Crippen LogP contribution >= 0.6 is 0 Å². The maximum absolute atomic E-state index is 14.0. The van der Waals surface area contributed by atoms with Gasteiger partial charge in [-0.15, -0.1) is 0 Å². The molecule has 4 aromatic rings. The van der Waals surface area contributed by atoms with E-state index in [-0.39, 0.29) is 11.8 Å². The predicted molar refractivity (Wildman–Crippen MR) is 156 cm³/mol. The second-order valence-electron chi connectivity index (χ2n) is 10.8. The van der Waals surface area contributed by atoms with Crippen molar-refractivity contribution in [3.63, 3.8) is 0 Å². The summed E-state index contributed by atoms with van der Waals surface area (Å²) in [6.07, 6.45) is 0.435. The van der Waals surface area contributed by atoms with Crippen LogP contribution in [0, 0.1) is 5.92 Å². The Kier molecular flexibility index (Phi) is 7.48. The Bertz CT molecular complexity index is 1570. The number of hydrogen-bond donors (Lipinski definition) is 1. The van der Waals surface area contributed by atoms with E-state index in [0.717, 1.165) is 33.3 Å². The third-order valence-electron chi connectivity index (χ3n) is 7.77. The molecule has 0 bridgehead atoms. The van der Waals surface area contributed by atoms with Gasteiger partial charge in [-0.2, -0.15) is 0 Å². The van der Waals surface area contributed by atoms with Crippen LogP contribution in [0.2, 0.25) is 0 Å². The van der Waals surface area contributed by atoms with Crippen molar-refractivity contribution in [3.05, 3.63) is 95.6 Å². The molecular weight excluding hydrogens is 502 g/mol. The van der Waals surface area contributed by atoms with Crippen molar-refractivity contribution in [3.8, 4) is 11.3 Å². The van der Waals surface area contributed by atoms with Crippen LogP contribution in [0.3, 0.4) is 0 Å². The topological polar surface area (TPSA) is 80.6 Å². The Labute approximate surface area is 234 Å². The summed E-state index contributed by atoms with van der Waals surface area (Å²) in [6.45, 7) is 5.69. The largest absolute Gasteiger partial charge is 0.467 e. The van der Waals surface area contributed by atoms with E-state index in [1.54, 1.807) is 11.8 Å². The number of benzene rings is 3. The third-order valence-corrected chi connectivity index (χ3v) is 7.77. The maximum atomic E-state index is 14.0. The van der Waals surface area contributed by atoms with Crippen molar-refractivity contribution in [2.24, 2.45) is 13.0 Å². The number of para-hydroxylation sites is 1. The maximum Gasteiger partial charge on any atom is 0.328 e. The van der Waals surface area contributed by atoms with E-state index >= 15 is 0 Å². The molecule has 1 aliphatic rings. The van der Waals surface area contributed by atoms with E-state index in [2.05, 4.69) is 34.1 Å². The van der Waals surface area contributed by atoms with Gasteiger partial charge in [-0.05, 0) is 42.5 Å². The van der Waals surface area contributed by atoms with Gasteiger partial charge < -0.3 is 19.5 Å². The van der Waals surface area contributed by atoms with Crippen molar-refractivity contribution in [1.29, 1.82) is 0 Å². The average Bonchev–Trinajstić information content (AvgIpc) is 3.42. The SMILES string of the molecule is COC(=O)C(CC(C)C)NC(=O)C(C)N1C(=O)c2ccccc2C1c1c(-c2ccccc2)n(C)c2ccccc12. The summed E-state index contributed by atoms with van der Waals surface area (Å²) in [6, 6.07) is 23.7. The fourth-order valence-corrected chi connectivity index (χ4v) is 5.92. The van der Waals surface area contributed by atoms with Gasteiger partial charge in [-0.25, -0.2) is 4.79 Å². The van der Waals surface area contributed by atoms with Crippen LogP contribution in [0.25, 0.3) is 22.2 Å². The van der Waals surface area contributed by atoms with Crippen LogP contribution in [-0.2, 0) is 21.4 Å². The van der Waals surface area contributed by atoms with Crippen molar-refractivity contribution in [1.82, 2.24) is 14.8 Å². The molecule has 0 saturated carbocycles. The number of ether oxygens (including phenoxy) is 1. The van der Waals surface area contributed by atoms with Crippen LogP contribution in [0.1, 0.15) is 54.7 Å². The van der Waals surface area contributed by atoms with Gasteiger partial charge in [0.1, 0.15) is 12.1 Å². The van der Waals surface area contributed by atoms with Gasteiger partial charge in [0.2, 0.25) is 5.91 Å². The molecule has 1 N–H and O–H groups in total. The van der Waals surface area contributed by atoms with E-state index < -0.39 is 30.0 Å². The van der Waals surface area contributed by atoms with Crippen molar-refractivity contribution < 1.29 is 19.1 Å². The summed E-state index contributed by atoms with van der Waals surface area (Å²) in [7, 11) is 3.34. The Balaban J connectivity index is 1.66. The monoisotopic (exact) mass is 537 g/mol. The molecule has 0 aliphatic carbocycles. The molecular formula is C33H35N3O4. The number of rotatable bonds is 8. The number of esters is 1. The number of nitrogens with one attached hydrogen (secondary N) is 1. The molecule has 206 valence electrons. The quantitative estimate of drug-likeness (QED) is 0.302. The van der Waals surface area contributed by atoms with Gasteiger partial charge in [0.15, 0.2) is 0 Å². The van der Waals surface area contributed by atoms with Crippen LogP contribution < -0.4 is 5.32 Å². The summed E-state index contributed by atoms with van der Waals surface area (Å²) >= 11 is 0. The molecule has 0 fully saturated rings. The molecule has 0 radical (unpaired) electrons. The Morgan fingerprint density at radius 2 is 1.57 bits per heavy atom. The van der Waals surface area contributed by atoms with Gasteiger partial charge in [-0.1, -0.05) is 80.6 Å². The average molecular weight is 538 g/mol. The smallest absolute Gasteiger partial charge is 0.328 e. The lowest BCUT2D eigenvalue weighted by atomic mass is 9.92. The molecule has 3 aromatic carbocycles. The number of amides is 2. The second-order valence-corrected chi connectivity index (χ2v) is 10.8.